The molecule has 3 aromatic rings. The molecule has 0 saturated carbocycles. The highest BCUT2D eigenvalue weighted by Gasteiger charge is 2.39. The summed E-state index contributed by atoms with van der Waals surface area (Å²) in [5.74, 6) is -0.00961. The van der Waals surface area contributed by atoms with E-state index in [1.165, 1.54) is 16.4 Å². The molecule has 1 aromatic heterocycles. The lowest BCUT2D eigenvalue weighted by atomic mass is 10.2. The summed E-state index contributed by atoms with van der Waals surface area (Å²) in [6, 6.07) is 10.3. The first-order valence-electron chi connectivity index (χ1n) is 8.74. The molecule has 0 bridgehead atoms. The first-order chi connectivity index (χ1) is 13.4. The molecule has 0 spiro atoms. The number of hydrogen-bond acceptors (Lipinski definition) is 5. The van der Waals surface area contributed by atoms with Gasteiger partial charge < -0.3 is 4.52 Å². The summed E-state index contributed by atoms with van der Waals surface area (Å²) in [6.45, 7) is 1.89. The minimum Gasteiger partial charge on any atom is -0.337 e. The molecule has 6 nitrogen and oxygen atoms in total. The van der Waals surface area contributed by atoms with Crippen LogP contribution in [0.4, 0.5) is 4.39 Å². The Kier molecular flexibility index (Phi) is 4.95. The summed E-state index contributed by atoms with van der Waals surface area (Å²) in [5.41, 5.74) is 1.07. The fourth-order valence-electron chi connectivity index (χ4n) is 3.26. The Labute approximate surface area is 167 Å². The molecule has 1 saturated heterocycles. The normalized spacial score (nSPS) is 17.9. The zero-order chi connectivity index (χ0) is 19.9. The van der Waals surface area contributed by atoms with Crippen LogP contribution < -0.4 is 0 Å². The number of aromatic nitrogens is 2. The monoisotopic (exact) mass is 421 g/mol. The quantitative estimate of drug-likeness (QED) is 0.625. The van der Waals surface area contributed by atoms with Crippen molar-refractivity contribution in [2.45, 2.75) is 30.7 Å². The van der Waals surface area contributed by atoms with E-state index in [1.807, 2.05) is 0 Å². The standard InChI is InChI=1S/C19H17ClFN3O3S/c1-12-7-8-15(11-16(12)21)28(25,26)24-9-3-6-17(24)19-22-18(23-27-19)13-4-2-5-14(20)10-13/h2,4-5,7-8,10-11,17H,3,6,9H2,1H3/t17-/m0/s1. The van der Waals surface area contributed by atoms with Crippen molar-refractivity contribution in [1.29, 1.82) is 0 Å². The minimum absolute atomic E-state index is 0.0860. The van der Waals surface area contributed by atoms with Gasteiger partial charge in [-0.15, -0.1) is 0 Å². The summed E-state index contributed by atoms with van der Waals surface area (Å²) in [7, 11) is -3.89. The van der Waals surface area contributed by atoms with E-state index in [0.29, 0.717) is 41.4 Å². The predicted molar refractivity (Wildman–Crippen MR) is 102 cm³/mol. The maximum atomic E-state index is 13.9. The predicted octanol–water partition coefficient (Wildman–Crippen LogP) is 4.36. The Morgan fingerprint density at radius 1 is 1.25 bits per heavy atom. The third-order valence-electron chi connectivity index (χ3n) is 4.76. The van der Waals surface area contributed by atoms with Gasteiger partial charge >= 0.3 is 0 Å². The molecule has 0 amide bonds. The molecule has 0 aliphatic carbocycles. The minimum atomic E-state index is -3.89. The number of rotatable bonds is 4. The van der Waals surface area contributed by atoms with Crippen LogP contribution >= 0.6 is 11.6 Å². The van der Waals surface area contributed by atoms with Crippen molar-refractivity contribution in [2.75, 3.05) is 6.54 Å². The van der Waals surface area contributed by atoms with Crippen molar-refractivity contribution in [3.05, 3.63) is 64.8 Å². The molecule has 0 unspecified atom stereocenters. The summed E-state index contributed by atoms with van der Waals surface area (Å²) < 4.78 is 46.7. The second-order valence-corrected chi connectivity index (χ2v) is 8.98. The lowest BCUT2D eigenvalue weighted by molar-refractivity contribution is 0.290. The molecule has 1 atom stereocenters. The summed E-state index contributed by atoms with van der Waals surface area (Å²) in [6.07, 6.45) is 1.19. The highest BCUT2D eigenvalue weighted by molar-refractivity contribution is 7.89. The molecular weight excluding hydrogens is 405 g/mol. The van der Waals surface area contributed by atoms with Crippen LogP contribution in [0.5, 0.6) is 0 Å². The van der Waals surface area contributed by atoms with E-state index in [2.05, 4.69) is 10.1 Å². The maximum absolute atomic E-state index is 13.9. The number of benzene rings is 2. The van der Waals surface area contributed by atoms with Crippen LogP contribution in [0.2, 0.25) is 5.02 Å². The SMILES string of the molecule is Cc1ccc(S(=O)(=O)N2CCC[C@H]2c2nc(-c3cccc(Cl)c3)no2)cc1F. The van der Waals surface area contributed by atoms with E-state index in [0.717, 1.165) is 6.07 Å². The van der Waals surface area contributed by atoms with E-state index in [-0.39, 0.29) is 10.8 Å². The van der Waals surface area contributed by atoms with Crippen LogP contribution in [0, 0.1) is 12.7 Å². The van der Waals surface area contributed by atoms with Crippen LogP contribution in [0.15, 0.2) is 51.9 Å². The molecule has 2 heterocycles. The molecule has 1 aliphatic heterocycles. The second-order valence-electron chi connectivity index (χ2n) is 6.65. The molecule has 1 aliphatic rings. The van der Waals surface area contributed by atoms with Gasteiger partial charge in [-0.3, -0.25) is 0 Å². The van der Waals surface area contributed by atoms with E-state index >= 15 is 0 Å². The first kappa shape index (κ1) is 19.0. The van der Waals surface area contributed by atoms with Crippen molar-refractivity contribution >= 4 is 21.6 Å². The van der Waals surface area contributed by atoms with Crippen molar-refractivity contribution in [3.63, 3.8) is 0 Å². The average molecular weight is 422 g/mol. The second kappa shape index (κ2) is 7.27. The van der Waals surface area contributed by atoms with Gasteiger partial charge in [0.2, 0.25) is 21.7 Å². The van der Waals surface area contributed by atoms with Gasteiger partial charge in [0, 0.05) is 17.1 Å². The molecule has 28 heavy (non-hydrogen) atoms. The zero-order valence-corrected chi connectivity index (χ0v) is 16.5. The van der Waals surface area contributed by atoms with Crippen LogP contribution in [-0.2, 0) is 10.0 Å². The van der Waals surface area contributed by atoms with Gasteiger partial charge in [0.1, 0.15) is 11.9 Å². The van der Waals surface area contributed by atoms with Crippen LogP contribution in [0.3, 0.4) is 0 Å². The Morgan fingerprint density at radius 3 is 2.82 bits per heavy atom. The van der Waals surface area contributed by atoms with E-state index < -0.39 is 21.9 Å². The van der Waals surface area contributed by atoms with Gasteiger partial charge in [-0.2, -0.15) is 9.29 Å². The number of sulfonamides is 1. The zero-order valence-electron chi connectivity index (χ0n) is 15.0. The van der Waals surface area contributed by atoms with E-state index in [1.54, 1.807) is 31.2 Å². The van der Waals surface area contributed by atoms with Gasteiger partial charge in [-0.25, -0.2) is 12.8 Å². The van der Waals surface area contributed by atoms with Gasteiger partial charge in [-0.1, -0.05) is 35.0 Å². The summed E-state index contributed by atoms with van der Waals surface area (Å²) >= 11 is 6.00. The maximum Gasteiger partial charge on any atom is 0.245 e. The Balaban J connectivity index is 1.66. The molecule has 4 rings (SSSR count). The Hall–Kier alpha value is -2.29. The molecule has 2 aromatic carbocycles. The molecule has 146 valence electrons. The number of hydrogen-bond donors (Lipinski definition) is 0. The van der Waals surface area contributed by atoms with Gasteiger partial charge in [0.15, 0.2) is 0 Å². The largest absolute Gasteiger partial charge is 0.337 e. The summed E-state index contributed by atoms with van der Waals surface area (Å²) in [5, 5.41) is 4.50. The topological polar surface area (TPSA) is 76.3 Å². The van der Waals surface area contributed by atoms with Crippen LogP contribution in [0.25, 0.3) is 11.4 Å². The third kappa shape index (κ3) is 3.43. The third-order valence-corrected chi connectivity index (χ3v) is 6.90. The summed E-state index contributed by atoms with van der Waals surface area (Å²) in [4.78, 5) is 4.29. The van der Waals surface area contributed by atoms with Crippen molar-refractivity contribution in [3.8, 4) is 11.4 Å². The number of aryl methyl sites for hydroxylation is 1. The highest BCUT2D eigenvalue weighted by atomic mass is 35.5. The molecular formula is C19H17ClFN3O3S. The van der Waals surface area contributed by atoms with Gasteiger partial charge in [0.05, 0.1) is 4.90 Å². The van der Waals surface area contributed by atoms with Gasteiger partial charge in [0.25, 0.3) is 0 Å². The van der Waals surface area contributed by atoms with Crippen LogP contribution in [0.1, 0.15) is 30.3 Å². The van der Waals surface area contributed by atoms with Crippen molar-refractivity contribution in [2.24, 2.45) is 0 Å². The molecule has 9 heteroatoms. The van der Waals surface area contributed by atoms with Crippen molar-refractivity contribution in [1.82, 2.24) is 14.4 Å². The first-order valence-corrected chi connectivity index (χ1v) is 10.6. The van der Waals surface area contributed by atoms with Gasteiger partial charge in [-0.05, 0) is 49.6 Å². The lowest BCUT2D eigenvalue weighted by Gasteiger charge is -2.21. The fourth-order valence-corrected chi connectivity index (χ4v) is 5.11. The average Bonchev–Trinajstić information content (AvgIpc) is 3.33. The molecule has 0 radical (unpaired) electrons. The lowest BCUT2D eigenvalue weighted by Crippen LogP contribution is -2.31. The number of nitrogens with zero attached hydrogens (tertiary/aromatic N) is 3. The smallest absolute Gasteiger partial charge is 0.245 e. The van der Waals surface area contributed by atoms with E-state index in [4.69, 9.17) is 16.1 Å². The molecule has 0 N–H and O–H groups in total. The highest BCUT2D eigenvalue weighted by Crippen LogP contribution is 2.36. The number of halogens is 2. The van der Waals surface area contributed by atoms with Crippen LogP contribution in [-0.4, -0.2) is 29.4 Å². The Bertz CT molecular complexity index is 1130. The molecule has 1 fully saturated rings. The van der Waals surface area contributed by atoms with E-state index in [9.17, 15) is 12.8 Å². The fraction of sp³-hybridized carbons (Fsp3) is 0.263. The Morgan fingerprint density at radius 2 is 2.07 bits per heavy atom. The van der Waals surface area contributed by atoms with Crippen molar-refractivity contribution < 1.29 is 17.3 Å².